The highest BCUT2D eigenvalue weighted by atomic mass is 79.9. The number of hydrogen-bond donors (Lipinski definition) is 0. The molecule has 0 aliphatic carbocycles. The zero-order valence-electron chi connectivity index (χ0n) is 6.64. The number of hydrogen-bond acceptors (Lipinski definition) is 2. The van der Waals surface area contributed by atoms with Crippen LogP contribution in [0.15, 0.2) is 0 Å². The average Bonchev–Trinajstić information content (AvgIpc) is 1.96. The number of carbonyl (C=O) groups excluding carboxylic acids is 1. The minimum absolute atomic E-state index is 0.217. The third kappa shape index (κ3) is 9.95. The Labute approximate surface area is 76.1 Å². The molecule has 66 valence electrons. The second-order valence-electron chi connectivity index (χ2n) is 2.58. The largest absolute Gasteiger partial charge is 0.550 e. The molecule has 11 heavy (non-hydrogen) atoms. The summed E-state index contributed by atoms with van der Waals surface area (Å²) in [6.45, 7) is 0. The van der Waals surface area contributed by atoms with Crippen LogP contribution in [0.25, 0.3) is 0 Å². The van der Waals surface area contributed by atoms with E-state index in [0.29, 0.717) is 0 Å². The average molecular weight is 222 g/mol. The lowest BCUT2D eigenvalue weighted by Crippen LogP contribution is -2.21. The van der Waals surface area contributed by atoms with E-state index >= 15 is 0 Å². The Morgan fingerprint density at radius 3 is 2.18 bits per heavy atom. The van der Waals surface area contributed by atoms with Crippen molar-refractivity contribution in [3.8, 4) is 0 Å². The molecular formula is C8H14BrO2-. The van der Waals surface area contributed by atoms with Crippen LogP contribution in [0.1, 0.15) is 38.5 Å². The molecule has 2 nitrogen and oxygen atoms in total. The topological polar surface area (TPSA) is 40.1 Å². The van der Waals surface area contributed by atoms with Crippen LogP contribution in [0.4, 0.5) is 0 Å². The molecule has 0 atom stereocenters. The fourth-order valence-corrected chi connectivity index (χ4v) is 1.29. The van der Waals surface area contributed by atoms with Crippen molar-refractivity contribution in [1.29, 1.82) is 0 Å². The first-order valence-electron chi connectivity index (χ1n) is 4.03. The molecule has 0 amide bonds. The molecule has 0 fully saturated rings. The molecule has 0 aliphatic heterocycles. The van der Waals surface area contributed by atoms with Gasteiger partial charge in [-0.3, -0.25) is 0 Å². The Morgan fingerprint density at radius 2 is 1.64 bits per heavy atom. The molecule has 0 radical (unpaired) electrons. The highest BCUT2D eigenvalue weighted by molar-refractivity contribution is 9.09. The minimum Gasteiger partial charge on any atom is -0.550 e. The number of carboxylic acid groups (broad SMARTS) is 1. The number of alkyl halides is 1. The monoisotopic (exact) mass is 221 g/mol. The highest BCUT2D eigenvalue weighted by Gasteiger charge is 1.89. The number of carboxylic acids is 1. The van der Waals surface area contributed by atoms with Crippen LogP contribution in [-0.2, 0) is 4.79 Å². The Bertz CT molecular complexity index is 104. The van der Waals surface area contributed by atoms with Gasteiger partial charge < -0.3 is 9.90 Å². The molecule has 0 saturated heterocycles. The van der Waals surface area contributed by atoms with Crippen LogP contribution in [0.5, 0.6) is 0 Å². The van der Waals surface area contributed by atoms with Crippen molar-refractivity contribution in [1.82, 2.24) is 0 Å². The third-order valence-electron chi connectivity index (χ3n) is 1.51. The van der Waals surface area contributed by atoms with Crippen molar-refractivity contribution in [3.63, 3.8) is 0 Å². The molecule has 0 rings (SSSR count). The van der Waals surface area contributed by atoms with Gasteiger partial charge in [0.1, 0.15) is 0 Å². The minimum atomic E-state index is -0.925. The van der Waals surface area contributed by atoms with E-state index in [2.05, 4.69) is 15.9 Å². The summed E-state index contributed by atoms with van der Waals surface area (Å²) in [4.78, 5) is 9.97. The van der Waals surface area contributed by atoms with E-state index in [4.69, 9.17) is 0 Å². The molecule has 0 aliphatic rings. The molecule has 0 spiro atoms. The molecule has 0 N–H and O–H groups in total. The Hall–Kier alpha value is -0.0500. The molecule has 0 aromatic heterocycles. The van der Waals surface area contributed by atoms with Crippen molar-refractivity contribution in [2.24, 2.45) is 0 Å². The second-order valence-corrected chi connectivity index (χ2v) is 3.37. The number of halogens is 1. The van der Waals surface area contributed by atoms with Crippen LogP contribution in [0, 0.1) is 0 Å². The fourth-order valence-electron chi connectivity index (χ4n) is 0.894. The molecule has 0 bridgehead atoms. The van der Waals surface area contributed by atoms with Gasteiger partial charge in [0, 0.05) is 11.3 Å². The number of unbranched alkanes of at least 4 members (excludes halogenated alkanes) is 4. The molecule has 3 heteroatoms. The fraction of sp³-hybridized carbons (Fsp3) is 0.875. The zero-order chi connectivity index (χ0) is 8.53. The van der Waals surface area contributed by atoms with Gasteiger partial charge in [-0.15, -0.1) is 0 Å². The number of rotatable bonds is 7. The van der Waals surface area contributed by atoms with Crippen LogP contribution < -0.4 is 5.11 Å². The van der Waals surface area contributed by atoms with E-state index in [1.807, 2.05) is 0 Å². The van der Waals surface area contributed by atoms with E-state index in [1.165, 1.54) is 12.8 Å². The molecular weight excluding hydrogens is 208 g/mol. The zero-order valence-corrected chi connectivity index (χ0v) is 8.23. The molecule has 0 aromatic carbocycles. The maximum atomic E-state index is 9.97. The van der Waals surface area contributed by atoms with Crippen molar-refractivity contribution >= 4 is 21.9 Å². The van der Waals surface area contributed by atoms with Gasteiger partial charge in [-0.25, -0.2) is 0 Å². The van der Waals surface area contributed by atoms with Gasteiger partial charge in [0.2, 0.25) is 0 Å². The smallest absolute Gasteiger partial charge is 0.0414 e. The van der Waals surface area contributed by atoms with Gasteiger partial charge in [0.25, 0.3) is 0 Å². The predicted octanol–water partition coefficient (Wildman–Crippen LogP) is 1.47. The SMILES string of the molecule is O=C([O-])CCCCCCCBr. The Morgan fingerprint density at radius 1 is 1.09 bits per heavy atom. The normalized spacial score (nSPS) is 9.91. The summed E-state index contributed by atoms with van der Waals surface area (Å²) in [6.07, 6.45) is 5.52. The summed E-state index contributed by atoms with van der Waals surface area (Å²) >= 11 is 3.34. The first kappa shape index (κ1) is 11.0. The first-order chi connectivity index (χ1) is 5.27. The summed E-state index contributed by atoms with van der Waals surface area (Å²) in [5, 5.41) is 11.0. The van der Waals surface area contributed by atoms with E-state index in [0.717, 1.165) is 24.6 Å². The lowest BCUT2D eigenvalue weighted by atomic mass is 10.1. The van der Waals surface area contributed by atoms with E-state index in [-0.39, 0.29) is 6.42 Å². The predicted molar refractivity (Wildman–Crippen MR) is 46.5 cm³/mol. The standard InChI is InChI=1S/C8H15BrO2/c9-7-5-3-1-2-4-6-8(10)11/h1-7H2,(H,10,11)/p-1. The van der Waals surface area contributed by atoms with Gasteiger partial charge in [-0.2, -0.15) is 0 Å². The summed E-state index contributed by atoms with van der Waals surface area (Å²) < 4.78 is 0. The van der Waals surface area contributed by atoms with Gasteiger partial charge >= 0.3 is 0 Å². The van der Waals surface area contributed by atoms with Gasteiger partial charge in [0.05, 0.1) is 0 Å². The van der Waals surface area contributed by atoms with Crippen molar-refractivity contribution in [2.75, 3.05) is 5.33 Å². The maximum Gasteiger partial charge on any atom is 0.0414 e. The maximum absolute atomic E-state index is 9.97. The molecule has 0 saturated carbocycles. The number of carbonyl (C=O) groups is 1. The van der Waals surface area contributed by atoms with Crippen LogP contribution in [0.2, 0.25) is 0 Å². The third-order valence-corrected chi connectivity index (χ3v) is 2.08. The van der Waals surface area contributed by atoms with Crippen molar-refractivity contribution < 1.29 is 9.90 Å². The van der Waals surface area contributed by atoms with E-state index in [9.17, 15) is 9.90 Å². The van der Waals surface area contributed by atoms with Crippen LogP contribution >= 0.6 is 15.9 Å². The Kier molecular flexibility index (Phi) is 8.01. The number of aliphatic carboxylic acids is 1. The lowest BCUT2D eigenvalue weighted by Gasteiger charge is -2.00. The summed E-state index contributed by atoms with van der Waals surface area (Å²) in [5.74, 6) is -0.925. The first-order valence-corrected chi connectivity index (χ1v) is 5.15. The summed E-state index contributed by atoms with van der Waals surface area (Å²) in [6, 6.07) is 0. The molecule has 0 aromatic rings. The molecule has 0 unspecified atom stereocenters. The van der Waals surface area contributed by atoms with Gasteiger partial charge in [0.15, 0.2) is 0 Å². The Balaban J connectivity index is 2.85. The summed E-state index contributed by atoms with van der Waals surface area (Å²) in [5.41, 5.74) is 0. The molecule has 0 heterocycles. The van der Waals surface area contributed by atoms with E-state index < -0.39 is 5.97 Å². The summed E-state index contributed by atoms with van der Waals surface area (Å²) in [7, 11) is 0. The quantitative estimate of drug-likeness (QED) is 0.483. The van der Waals surface area contributed by atoms with Crippen LogP contribution in [0.3, 0.4) is 0 Å². The van der Waals surface area contributed by atoms with E-state index in [1.54, 1.807) is 0 Å². The highest BCUT2D eigenvalue weighted by Crippen LogP contribution is 2.05. The van der Waals surface area contributed by atoms with Crippen molar-refractivity contribution in [3.05, 3.63) is 0 Å². The lowest BCUT2D eigenvalue weighted by molar-refractivity contribution is -0.305. The van der Waals surface area contributed by atoms with Crippen LogP contribution in [-0.4, -0.2) is 11.3 Å². The van der Waals surface area contributed by atoms with Crippen molar-refractivity contribution in [2.45, 2.75) is 38.5 Å². The van der Waals surface area contributed by atoms with Gasteiger partial charge in [-0.1, -0.05) is 35.2 Å². The second kappa shape index (κ2) is 8.05. The van der Waals surface area contributed by atoms with Gasteiger partial charge in [-0.05, 0) is 19.3 Å².